The second-order valence-electron chi connectivity index (χ2n) is 3.93. The van der Waals surface area contributed by atoms with Gasteiger partial charge in [0, 0.05) is 25.8 Å². The summed E-state index contributed by atoms with van der Waals surface area (Å²) in [4.78, 5) is 13.7. The monoisotopic (exact) mass is 205 g/mol. The summed E-state index contributed by atoms with van der Waals surface area (Å²) in [5.41, 5.74) is 1.93. The summed E-state index contributed by atoms with van der Waals surface area (Å²) >= 11 is 0. The van der Waals surface area contributed by atoms with Crippen LogP contribution in [0, 0.1) is 6.92 Å². The van der Waals surface area contributed by atoms with Crippen LogP contribution in [-0.2, 0) is 4.74 Å². The predicted octanol–water partition coefficient (Wildman–Crippen LogP) is 1.47. The lowest BCUT2D eigenvalue weighted by Crippen LogP contribution is -2.54. The molecule has 0 aromatic heterocycles. The summed E-state index contributed by atoms with van der Waals surface area (Å²) in [5.74, 6) is 0.100. The normalized spacial score (nSPS) is 16.3. The van der Waals surface area contributed by atoms with Crippen LogP contribution in [0.2, 0.25) is 0 Å². The van der Waals surface area contributed by atoms with E-state index in [2.05, 4.69) is 0 Å². The number of aryl methyl sites for hydroxylation is 1. The maximum atomic E-state index is 11.9. The Hall–Kier alpha value is -1.35. The van der Waals surface area contributed by atoms with E-state index in [-0.39, 0.29) is 12.0 Å². The van der Waals surface area contributed by atoms with Gasteiger partial charge in [0.2, 0.25) is 0 Å². The number of amides is 1. The zero-order valence-corrected chi connectivity index (χ0v) is 9.06. The minimum absolute atomic E-state index is 0.100. The second-order valence-corrected chi connectivity index (χ2v) is 3.93. The lowest BCUT2D eigenvalue weighted by atomic mass is 10.1. The predicted molar refractivity (Wildman–Crippen MR) is 57.9 cm³/mol. The number of benzene rings is 1. The number of carbonyl (C=O) groups excluding carboxylic acids is 1. The number of hydrogen-bond acceptors (Lipinski definition) is 2. The lowest BCUT2D eigenvalue weighted by Gasteiger charge is -2.38. The van der Waals surface area contributed by atoms with Crippen LogP contribution in [0.25, 0.3) is 0 Å². The van der Waals surface area contributed by atoms with E-state index in [1.165, 1.54) is 5.56 Å². The van der Waals surface area contributed by atoms with Gasteiger partial charge in [-0.2, -0.15) is 0 Å². The molecule has 1 aliphatic rings. The van der Waals surface area contributed by atoms with Crippen LogP contribution in [0.15, 0.2) is 24.3 Å². The Balaban J connectivity index is 2.00. The molecule has 15 heavy (non-hydrogen) atoms. The third kappa shape index (κ3) is 2.02. The van der Waals surface area contributed by atoms with Gasteiger partial charge in [0.05, 0.1) is 6.10 Å². The van der Waals surface area contributed by atoms with Crippen molar-refractivity contribution in [1.82, 2.24) is 4.90 Å². The Morgan fingerprint density at radius 3 is 2.47 bits per heavy atom. The summed E-state index contributed by atoms with van der Waals surface area (Å²) in [6.07, 6.45) is 0.222. The van der Waals surface area contributed by atoms with Crippen molar-refractivity contribution in [2.24, 2.45) is 0 Å². The average Bonchev–Trinajstić information content (AvgIpc) is 2.17. The Morgan fingerprint density at radius 2 is 1.93 bits per heavy atom. The van der Waals surface area contributed by atoms with Crippen molar-refractivity contribution in [2.45, 2.75) is 13.0 Å². The van der Waals surface area contributed by atoms with Crippen molar-refractivity contribution in [3.8, 4) is 0 Å². The fraction of sp³-hybridized carbons (Fsp3) is 0.417. The van der Waals surface area contributed by atoms with Gasteiger partial charge >= 0.3 is 0 Å². The van der Waals surface area contributed by atoms with Crippen molar-refractivity contribution in [2.75, 3.05) is 20.2 Å². The Morgan fingerprint density at radius 1 is 1.33 bits per heavy atom. The van der Waals surface area contributed by atoms with E-state index in [4.69, 9.17) is 4.74 Å². The fourth-order valence-electron chi connectivity index (χ4n) is 1.63. The fourth-order valence-corrected chi connectivity index (χ4v) is 1.63. The van der Waals surface area contributed by atoms with Crippen LogP contribution in [0.4, 0.5) is 0 Å². The minimum Gasteiger partial charge on any atom is -0.378 e. The lowest BCUT2D eigenvalue weighted by molar-refractivity contribution is -0.0191. The first-order chi connectivity index (χ1) is 7.20. The molecule has 1 saturated heterocycles. The summed E-state index contributed by atoms with van der Waals surface area (Å²) in [6, 6.07) is 7.66. The third-order valence-corrected chi connectivity index (χ3v) is 2.77. The largest absolute Gasteiger partial charge is 0.378 e. The molecule has 0 atom stereocenters. The number of nitrogens with zero attached hydrogens (tertiary/aromatic N) is 1. The number of ether oxygens (including phenoxy) is 1. The molecule has 0 radical (unpaired) electrons. The molecule has 0 bridgehead atoms. The van der Waals surface area contributed by atoms with Crippen molar-refractivity contribution >= 4 is 5.91 Å². The summed E-state index contributed by atoms with van der Waals surface area (Å²) in [7, 11) is 1.68. The van der Waals surface area contributed by atoms with Crippen LogP contribution < -0.4 is 0 Å². The summed E-state index contributed by atoms with van der Waals surface area (Å²) < 4.78 is 5.13. The van der Waals surface area contributed by atoms with Gasteiger partial charge in [0.15, 0.2) is 0 Å². The summed E-state index contributed by atoms with van der Waals surface area (Å²) in [5, 5.41) is 0. The number of hydrogen-bond donors (Lipinski definition) is 0. The van der Waals surface area contributed by atoms with E-state index in [9.17, 15) is 4.79 Å². The molecule has 0 N–H and O–H groups in total. The van der Waals surface area contributed by atoms with E-state index < -0.39 is 0 Å². The number of methoxy groups -OCH3 is 1. The molecule has 2 rings (SSSR count). The zero-order valence-electron chi connectivity index (χ0n) is 9.06. The highest BCUT2D eigenvalue weighted by atomic mass is 16.5. The van der Waals surface area contributed by atoms with Crippen LogP contribution in [0.1, 0.15) is 15.9 Å². The van der Waals surface area contributed by atoms with E-state index in [0.717, 1.165) is 5.56 Å². The highest BCUT2D eigenvalue weighted by Gasteiger charge is 2.30. The quantitative estimate of drug-likeness (QED) is 0.731. The maximum Gasteiger partial charge on any atom is 0.254 e. The number of carbonyl (C=O) groups is 1. The highest BCUT2D eigenvalue weighted by molar-refractivity contribution is 5.94. The van der Waals surface area contributed by atoms with Crippen molar-refractivity contribution in [3.63, 3.8) is 0 Å². The molecule has 80 valence electrons. The first-order valence-electron chi connectivity index (χ1n) is 5.09. The standard InChI is InChI=1S/C12H15NO2/c1-9-3-5-10(6-4-9)12(14)13-7-11(8-13)15-2/h3-6,11H,7-8H2,1-2H3. The Labute approximate surface area is 89.7 Å². The minimum atomic E-state index is 0.100. The molecule has 1 amide bonds. The molecule has 1 aliphatic heterocycles. The Bertz CT molecular complexity index is 352. The average molecular weight is 205 g/mol. The first kappa shape index (κ1) is 10.2. The Kier molecular flexibility index (Phi) is 2.73. The molecule has 0 saturated carbocycles. The van der Waals surface area contributed by atoms with E-state index in [0.29, 0.717) is 13.1 Å². The van der Waals surface area contributed by atoms with Gasteiger partial charge in [-0.1, -0.05) is 17.7 Å². The maximum absolute atomic E-state index is 11.9. The van der Waals surface area contributed by atoms with E-state index >= 15 is 0 Å². The molecule has 3 nitrogen and oxygen atoms in total. The molecular weight excluding hydrogens is 190 g/mol. The van der Waals surface area contributed by atoms with E-state index in [1.54, 1.807) is 12.0 Å². The second kappa shape index (κ2) is 4.03. The van der Waals surface area contributed by atoms with Crippen molar-refractivity contribution < 1.29 is 9.53 Å². The molecule has 1 aromatic carbocycles. The van der Waals surface area contributed by atoms with Gasteiger partial charge < -0.3 is 9.64 Å². The molecule has 0 aliphatic carbocycles. The molecular formula is C12H15NO2. The third-order valence-electron chi connectivity index (χ3n) is 2.77. The SMILES string of the molecule is COC1CN(C(=O)c2ccc(C)cc2)C1. The van der Waals surface area contributed by atoms with Gasteiger partial charge in [0.25, 0.3) is 5.91 Å². The van der Waals surface area contributed by atoms with Gasteiger partial charge in [0.1, 0.15) is 0 Å². The van der Waals surface area contributed by atoms with Gasteiger partial charge in [-0.15, -0.1) is 0 Å². The molecule has 1 heterocycles. The molecule has 3 heteroatoms. The first-order valence-corrected chi connectivity index (χ1v) is 5.09. The van der Waals surface area contributed by atoms with Crippen LogP contribution in [0.3, 0.4) is 0 Å². The van der Waals surface area contributed by atoms with Gasteiger partial charge in [-0.3, -0.25) is 4.79 Å². The topological polar surface area (TPSA) is 29.5 Å². The highest BCUT2D eigenvalue weighted by Crippen LogP contribution is 2.15. The van der Waals surface area contributed by atoms with Crippen molar-refractivity contribution in [1.29, 1.82) is 0 Å². The molecule has 1 fully saturated rings. The molecule has 0 spiro atoms. The smallest absolute Gasteiger partial charge is 0.254 e. The summed E-state index contributed by atoms with van der Waals surface area (Å²) in [6.45, 7) is 3.44. The van der Waals surface area contributed by atoms with Gasteiger partial charge in [-0.25, -0.2) is 0 Å². The van der Waals surface area contributed by atoms with Crippen LogP contribution in [0.5, 0.6) is 0 Å². The van der Waals surface area contributed by atoms with Crippen LogP contribution in [-0.4, -0.2) is 37.1 Å². The number of rotatable bonds is 2. The number of likely N-dealkylation sites (tertiary alicyclic amines) is 1. The van der Waals surface area contributed by atoms with Crippen LogP contribution >= 0.6 is 0 Å². The molecule has 1 aromatic rings. The zero-order chi connectivity index (χ0) is 10.8. The van der Waals surface area contributed by atoms with E-state index in [1.807, 2.05) is 31.2 Å². The van der Waals surface area contributed by atoms with Gasteiger partial charge in [-0.05, 0) is 19.1 Å². The van der Waals surface area contributed by atoms with Crippen molar-refractivity contribution in [3.05, 3.63) is 35.4 Å². The molecule has 0 unspecified atom stereocenters.